The topological polar surface area (TPSA) is 70.7 Å². The highest BCUT2D eigenvalue weighted by Crippen LogP contribution is 2.23. The molecule has 1 aromatic carbocycles. The van der Waals surface area contributed by atoms with Gasteiger partial charge in [-0.1, -0.05) is 44.2 Å². The average Bonchev–Trinajstić information content (AvgIpc) is 2.62. The zero-order chi connectivity index (χ0) is 18.2. The van der Waals surface area contributed by atoms with Gasteiger partial charge in [0, 0.05) is 31.6 Å². The number of piperidine rings is 1. The summed E-state index contributed by atoms with van der Waals surface area (Å²) < 4.78 is 4.72. The van der Waals surface area contributed by atoms with Gasteiger partial charge in [-0.3, -0.25) is 0 Å². The third-order valence-electron chi connectivity index (χ3n) is 4.78. The van der Waals surface area contributed by atoms with Crippen molar-refractivity contribution in [2.45, 2.75) is 38.6 Å². The first-order chi connectivity index (χ1) is 12.0. The van der Waals surface area contributed by atoms with Crippen LogP contribution in [0.4, 0.5) is 9.59 Å². The van der Waals surface area contributed by atoms with Gasteiger partial charge < -0.3 is 20.3 Å². The number of likely N-dealkylation sites (tertiary alicyclic amines) is 1. The molecule has 2 N–H and O–H groups in total. The fraction of sp³-hybridized carbons (Fsp3) is 0.579. The normalized spacial score (nSPS) is 16.4. The Bertz CT molecular complexity index is 554. The first kappa shape index (κ1) is 19.1. The van der Waals surface area contributed by atoms with Gasteiger partial charge in [-0.25, -0.2) is 9.59 Å². The summed E-state index contributed by atoms with van der Waals surface area (Å²) >= 11 is 0. The van der Waals surface area contributed by atoms with E-state index in [-0.39, 0.29) is 24.1 Å². The summed E-state index contributed by atoms with van der Waals surface area (Å²) in [6, 6.07) is 10.2. The van der Waals surface area contributed by atoms with E-state index in [1.54, 1.807) is 4.90 Å². The number of amides is 3. The molecule has 6 nitrogen and oxygen atoms in total. The van der Waals surface area contributed by atoms with Crippen molar-refractivity contribution in [1.82, 2.24) is 15.5 Å². The summed E-state index contributed by atoms with van der Waals surface area (Å²) in [6.45, 7) is 6.15. The Morgan fingerprint density at radius 2 is 1.84 bits per heavy atom. The van der Waals surface area contributed by atoms with Gasteiger partial charge in [-0.15, -0.1) is 0 Å². The molecule has 25 heavy (non-hydrogen) atoms. The number of hydrogen-bond acceptors (Lipinski definition) is 3. The SMILES string of the molecule is COC(=O)N1CCC(NC(=O)NCC(c2ccccc2)C(C)C)CC1. The number of nitrogens with one attached hydrogen (secondary N) is 2. The molecule has 6 heteroatoms. The van der Waals surface area contributed by atoms with Crippen LogP contribution in [0, 0.1) is 5.92 Å². The first-order valence-corrected chi connectivity index (χ1v) is 8.93. The van der Waals surface area contributed by atoms with Crippen molar-refractivity contribution >= 4 is 12.1 Å². The largest absolute Gasteiger partial charge is 0.453 e. The smallest absolute Gasteiger partial charge is 0.409 e. The molecule has 1 aliphatic rings. The molecule has 0 spiro atoms. The van der Waals surface area contributed by atoms with Crippen LogP contribution in [0.25, 0.3) is 0 Å². The Kier molecular flexibility index (Phi) is 7.10. The highest BCUT2D eigenvalue weighted by atomic mass is 16.5. The van der Waals surface area contributed by atoms with Crippen LogP contribution in [0.1, 0.15) is 38.2 Å². The minimum Gasteiger partial charge on any atom is -0.453 e. The number of urea groups is 1. The van der Waals surface area contributed by atoms with E-state index in [1.165, 1.54) is 12.7 Å². The van der Waals surface area contributed by atoms with Crippen molar-refractivity contribution in [3.8, 4) is 0 Å². The summed E-state index contributed by atoms with van der Waals surface area (Å²) in [6.07, 6.45) is 1.19. The molecule has 1 aromatic rings. The molecular weight excluding hydrogens is 318 g/mol. The van der Waals surface area contributed by atoms with Crippen LogP contribution in [-0.2, 0) is 4.74 Å². The average molecular weight is 347 g/mol. The van der Waals surface area contributed by atoms with Gasteiger partial charge in [0.05, 0.1) is 7.11 Å². The highest BCUT2D eigenvalue weighted by molar-refractivity contribution is 5.74. The van der Waals surface area contributed by atoms with Crippen molar-refractivity contribution in [3.05, 3.63) is 35.9 Å². The molecule has 0 saturated carbocycles. The van der Waals surface area contributed by atoms with E-state index in [0.29, 0.717) is 25.6 Å². The van der Waals surface area contributed by atoms with Crippen molar-refractivity contribution in [1.29, 1.82) is 0 Å². The van der Waals surface area contributed by atoms with Gasteiger partial charge in [0.1, 0.15) is 0 Å². The van der Waals surface area contributed by atoms with Crippen LogP contribution in [-0.4, -0.2) is 49.8 Å². The van der Waals surface area contributed by atoms with Gasteiger partial charge >= 0.3 is 12.1 Å². The van der Waals surface area contributed by atoms with Crippen LogP contribution >= 0.6 is 0 Å². The number of ether oxygens (including phenoxy) is 1. The molecular formula is C19H29N3O3. The second kappa shape index (κ2) is 9.30. The van der Waals surface area contributed by atoms with Crippen LogP contribution in [0.2, 0.25) is 0 Å². The van der Waals surface area contributed by atoms with Crippen LogP contribution in [0.3, 0.4) is 0 Å². The molecule has 1 atom stereocenters. The zero-order valence-electron chi connectivity index (χ0n) is 15.3. The summed E-state index contributed by atoms with van der Waals surface area (Å²) in [7, 11) is 1.39. The molecule has 1 unspecified atom stereocenters. The van der Waals surface area contributed by atoms with E-state index in [0.717, 1.165) is 12.8 Å². The number of methoxy groups -OCH3 is 1. The minimum atomic E-state index is -0.300. The summed E-state index contributed by atoms with van der Waals surface area (Å²) in [4.78, 5) is 25.4. The Labute approximate surface area is 149 Å². The van der Waals surface area contributed by atoms with Gasteiger partial charge in [-0.05, 0) is 24.3 Å². The number of carbonyl (C=O) groups is 2. The first-order valence-electron chi connectivity index (χ1n) is 8.93. The van der Waals surface area contributed by atoms with Crippen LogP contribution in [0.15, 0.2) is 30.3 Å². The zero-order valence-corrected chi connectivity index (χ0v) is 15.3. The van der Waals surface area contributed by atoms with E-state index < -0.39 is 0 Å². The molecule has 1 fully saturated rings. The fourth-order valence-electron chi connectivity index (χ4n) is 3.21. The number of nitrogens with zero attached hydrogens (tertiary/aromatic N) is 1. The number of hydrogen-bond donors (Lipinski definition) is 2. The van der Waals surface area contributed by atoms with Crippen molar-refractivity contribution in [2.75, 3.05) is 26.7 Å². The minimum absolute atomic E-state index is 0.0927. The van der Waals surface area contributed by atoms with E-state index in [1.807, 2.05) is 18.2 Å². The lowest BCUT2D eigenvalue weighted by atomic mass is 9.88. The van der Waals surface area contributed by atoms with E-state index >= 15 is 0 Å². The van der Waals surface area contributed by atoms with Crippen molar-refractivity contribution < 1.29 is 14.3 Å². The predicted molar refractivity (Wildman–Crippen MR) is 97.6 cm³/mol. The van der Waals surface area contributed by atoms with Crippen LogP contribution in [0.5, 0.6) is 0 Å². The monoisotopic (exact) mass is 347 g/mol. The van der Waals surface area contributed by atoms with Gasteiger partial charge in [0.25, 0.3) is 0 Å². The van der Waals surface area contributed by atoms with Gasteiger partial charge in [0.15, 0.2) is 0 Å². The highest BCUT2D eigenvalue weighted by Gasteiger charge is 2.24. The molecule has 0 radical (unpaired) electrons. The maximum atomic E-state index is 12.2. The summed E-state index contributed by atoms with van der Waals surface area (Å²) in [5.74, 6) is 0.721. The van der Waals surface area contributed by atoms with E-state index in [2.05, 4.69) is 36.6 Å². The Hall–Kier alpha value is -2.24. The number of rotatable bonds is 5. The lowest BCUT2D eigenvalue weighted by Gasteiger charge is -2.31. The quantitative estimate of drug-likeness (QED) is 0.860. The molecule has 1 aliphatic heterocycles. The lowest BCUT2D eigenvalue weighted by molar-refractivity contribution is 0.110. The maximum Gasteiger partial charge on any atom is 0.409 e. The fourth-order valence-corrected chi connectivity index (χ4v) is 3.21. The molecule has 0 aromatic heterocycles. The third-order valence-corrected chi connectivity index (χ3v) is 4.78. The van der Waals surface area contributed by atoms with Crippen molar-refractivity contribution in [2.24, 2.45) is 5.92 Å². The molecule has 3 amide bonds. The molecule has 1 heterocycles. The number of carbonyl (C=O) groups excluding carboxylic acids is 2. The molecule has 1 saturated heterocycles. The second-order valence-electron chi connectivity index (χ2n) is 6.85. The Balaban J connectivity index is 1.77. The number of benzene rings is 1. The summed E-state index contributed by atoms with van der Waals surface area (Å²) in [5.41, 5.74) is 1.24. The predicted octanol–water partition coefficient (Wildman–Crippen LogP) is 2.96. The van der Waals surface area contributed by atoms with Crippen molar-refractivity contribution in [3.63, 3.8) is 0 Å². The molecule has 138 valence electrons. The Morgan fingerprint density at radius 1 is 1.20 bits per heavy atom. The summed E-state index contributed by atoms with van der Waals surface area (Å²) in [5, 5.41) is 6.01. The van der Waals surface area contributed by atoms with Crippen LogP contribution < -0.4 is 10.6 Å². The standard InChI is InChI=1S/C19H29N3O3/c1-14(2)17(15-7-5-4-6-8-15)13-20-18(23)21-16-9-11-22(12-10-16)19(24)25-3/h4-8,14,16-17H,9-13H2,1-3H3,(H2,20,21,23). The van der Waals surface area contributed by atoms with E-state index in [9.17, 15) is 9.59 Å². The third kappa shape index (κ3) is 5.66. The maximum absolute atomic E-state index is 12.2. The van der Waals surface area contributed by atoms with E-state index in [4.69, 9.17) is 4.74 Å². The lowest BCUT2D eigenvalue weighted by Crippen LogP contribution is -2.49. The van der Waals surface area contributed by atoms with Gasteiger partial charge in [-0.2, -0.15) is 0 Å². The van der Waals surface area contributed by atoms with Gasteiger partial charge in [0.2, 0.25) is 0 Å². The molecule has 2 rings (SSSR count). The second-order valence-corrected chi connectivity index (χ2v) is 6.85. The molecule has 0 aliphatic carbocycles. The Morgan fingerprint density at radius 3 is 2.40 bits per heavy atom. The molecule has 0 bridgehead atoms.